The molecule has 110 valence electrons. The third-order valence-corrected chi connectivity index (χ3v) is 3.27. The largest absolute Gasteiger partial charge is 0.490 e. The number of nitrogens with zero attached hydrogens (tertiary/aromatic N) is 1. The molecule has 1 aliphatic rings. The maximum Gasteiger partial charge on any atom is 0.163 e. The number of morpholine rings is 1. The fourth-order valence-corrected chi connectivity index (χ4v) is 2.20. The molecule has 1 aromatic rings. The van der Waals surface area contributed by atoms with Crippen molar-refractivity contribution in [2.75, 3.05) is 39.5 Å². The molecular weight excluding hydrogens is 258 g/mol. The summed E-state index contributed by atoms with van der Waals surface area (Å²) in [6.45, 7) is 5.34. The van der Waals surface area contributed by atoms with Crippen molar-refractivity contribution in [3.63, 3.8) is 0 Å². The normalized spacial score (nSPS) is 17.7. The lowest BCUT2D eigenvalue weighted by molar-refractivity contribution is 0.00457. The number of benzene rings is 1. The van der Waals surface area contributed by atoms with Gasteiger partial charge in [0.25, 0.3) is 0 Å². The Labute approximate surface area is 119 Å². The van der Waals surface area contributed by atoms with Crippen LogP contribution in [0.25, 0.3) is 0 Å². The van der Waals surface area contributed by atoms with Gasteiger partial charge in [-0.25, -0.2) is 0 Å². The summed E-state index contributed by atoms with van der Waals surface area (Å²) in [7, 11) is 0. The number of ketones is 1. The van der Waals surface area contributed by atoms with E-state index in [1.54, 1.807) is 18.2 Å². The number of aliphatic hydroxyl groups excluding tert-OH is 1. The van der Waals surface area contributed by atoms with Crippen molar-refractivity contribution in [3.8, 4) is 5.75 Å². The van der Waals surface area contributed by atoms with Gasteiger partial charge in [-0.2, -0.15) is 0 Å². The Balaban J connectivity index is 1.83. The van der Waals surface area contributed by atoms with E-state index < -0.39 is 6.10 Å². The Morgan fingerprint density at radius 2 is 2.10 bits per heavy atom. The first-order valence-corrected chi connectivity index (χ1v) is 6.88. The number of ether oxygens (including phenoxy) is 2. The van der Waals surface area contributed by atoms with Crippen LogP contribution in [0.5, 0.6) is 5.75 Å². The van der Waals surface area contributed by atoms with E-state index >= 15 is 0 Å². The zero-order valence-electron chi connectivity index (χ0n) is 11.7. The lowest BCUT2D eigenvalue weighted by Crippen LogP contribution is -2.42. The quantitative estimate of drug-likeness (QED) is 0.786. The second-order valence-corrected chi connectivity index (χ2v) is 4.93. The van der Waals surface area contributed by atoms with Crippen LogP contribution in [0.1, 0.15) is 17.3 Å². The molecule has 1 saturated heterocycles. The molecule has 1 aromatic carbocycles. The first-order chi connectivity index (χ1) is 9.66. The summed E-state index contributed by atoms with van der Waals surface area (Å²) in [4.78, 5) is 13.6. The Morgan fingerprint density at radius 1 is 1.40 bits per heavy atom. The van der Waals surface area contributed by atoms with Gasteiger partial charge in [-0.05, 0) is 19.1 Å². The summed E-state index contributed by atoms with van der Waals surface area (Å²) in [6, 6.07) is 7.09. The predicted octanol–water partition coefficient (Wildman–Crippen LogP) is 0.961. The van der Waals surface area contributed by atoms with Crippen LogP contribution in [0, 0.1) is 0 Å². The van der Waals surface area contributed by atoms with Crippen LogP contribution in [0.3, 0.4) is 0 Å². The van der Waals surface area contributed by atoms with Crippen molar-refractivity contribution < 1.29 is 19.4 Å². The van der Waals surface area contributed by atoms with E-state index in [1.165, 1.54) is 6.92 Å². The molecule has 5 heteroatoms. The van der Waals surface area contributed by atoms with Crippen LogP contribution >= 0.6 is 0 Å². The zero-order chi connectivity index (χ0) is 14.4. The number of hydrogen-bond acceptors (Lipinski definition) is 5. The molecule has 1 N–H and O–H groups in total. The zero-order valence-corrected chi connectivity index (χ0v) is 11.7. The Kier molecular flexibility index (Phi) is 5.52. The van der Waals surface area contributed by atoms with E-state index in [0.717, 1.165) is 13.1 Å². The highest BCUT2D eigenvalue weighted by atomic mass is 16.5. The minimum atomic E-state index is -0.576. The maximum absolute atomic E-state index is 11.5. The lowest BCUT2D eigenvalue weighted by Gasteiger charge is -2.28. The van der Waals surface area contributed by atoms with Gasteiger partial charge < -0.3 is 14.6 Å². The number of β-amino-alcohol motifs (C(OH)–C–C–N with tert-alkyl or cyclic N) is 1. The Bertz CT molecular complexity index is 443. The standard InChI is InChI=1S/C15H21NO4/c1-12(17)14-4-2-3-5-15(14)20-11-13(18)10-16-6-8-19-9-7-16/h2-5,13,18H,6-11H2,1H3/t13-/m0/s1. The van der Waals surface area contributed by atoms with Gasteiger partial charge in [0.05, 0.1) is 18.8 Å². The highest BCUT2D eigenvalue weighted by Crippen LogP contribution is 2.18. The molecule has 0 aliphatic carbocycles. The fraction of sp³-hybridized carbons (Fsp3) is 0.533. The van der Waals surface area contributed by atoms with Crippen LogP contribution in [-0.2, 0) is 4.74 Å². The first-order valence-electron chi connectivity index (χ1n) is 6.88. The van der Waals surface area contributed by atoms with Crippen LogP contribution < -0.4 is 4.74 Å². The van der Waals surface area contributed by atoms with Crippen molar-refractivity contribution in [2.24, 2.45) is 0 Å². The summed E-state index contributed by atoms with van der Waals surface area (Å²) in [5, 5.41) is 10.00. The SMILES string of the molecule is CC(=O)c1ccccc1OC[C@@H](O)CN1CCOCC1. The van der Waals surface area contributed by atoms with Gasteiger partial charge in [-0.1, -0.05) is 12.1 Å². The second-order valence-electron chi connectivity index (χ2n) is 4.93. The number of Topliss-reactive ketones (excluding diaryl/α,β-unsaturated/α-hetero) is 1. The molecule has 0 aromatic heterocycles. The van der Waals surface area contributed by atoms with E-state index in [2.05, 4.69) is 4.90 Å². The van der Waals surface area contributed by atoms with Gasteiger partial charge in [0, 0.05) is 19.6 Å². The summed E-state index contributed by atoms with van der Waals surface area (Å²) >= 11 is 0. The molecule has 0 radical (unpaired) electrons. The van der Waals surface area contributed by atoms with Gasteiger partial charge in [0.2, 0.25) is 0 Å². The molecule has 0 unspecified atom stereocenters. The molecule has 0 amide bonds. The van der Waals surface area contributed by atoms with Crippen molar-refractivity contribution in [3.05, 3.63) is 29.8 Å². The smallest absolute Gasteiger partial charge is 0.163 e. The molecule has 0 spiro atoms. The molecule has 1 fully saturated rings. The average Bonchev–Trinajstić information content (AvgIpc) is 2.46. The van der Waals surface area contributed by atoms with Gasteiger partial charge in [0.15, 0.2) is 5.78 Å². The molecule has 1 heterocycles. The third kappa shape index (κ3) is 4.30. The number of para-hydroxylation sites is 1. The van der Waals surface area contributed by atoms with Crippen LogP contribution in [-0.4, -0.2) is 61.3 Å². The molecule has 20 heavy (non-hydrogen) atoms. The molecular formula is C15H21NO4. The number of hydrogen-bond donors (Lipinski definition) is 1. The summed E-state index contributed by atoms with van der Waals surface area (Å²) in [6.07, 6.45) is -0.576. The lowest BCUT2D eigenvalue weighted by atomic mass is 10.1. The van der Waals surface area contributed by atoms with E-state index in [0.29, 0.717) is 31.1 Å². The van der Waals surface area contributed by atoms with Crippen molar-refractivity contribution in [1.29, 1.82) is 0 Å². The molecule has 0 saturated carbocycles. The number of rotatable bonds is 6. The van der Waals surface area contributed by atoms with Crippen molar-refractivity contribution in [1.82, 2.24) is 4.90 Å². The van der Waals surface area contributed by atoms with Crippen molar-refractivity contribution in [2.45, 2.75) is 13.0 Å². The maximum atomic E-state index is 11.5. The number of aliphatic hydroxyl groups is 1. The average molecular weight is 279 g/mol. The van der Waals surface area contributed by atoms with Crippen LogP contribution in [0.4, 0.5) is 0 Å². The third-order valence-electron chi connectivity index (χ3n) is 3.27. The monoisotopic (exact) mass is 279 g/mol. The second kappa shape index (κ2) is 7.38. The first kappa shape index (κ1) is 15.0. The Hall–Kier alpha value is -1.43. The molecule has 0 bridgehead atoms. The van der Waals surface area contributed by atoms with Crippen LogP contribution in [0.15, 0.2) is 24.3 Å². The van der Waals surface area contributed by atoms with Gasteiger partial charge >= 0.3 is 0 Å². The minimum Gasteiger partial charge on any atom is -0.490 e. The van der Waals surface area contributed by atoms with Crippen molar-refractivity contribution >= 4 is 5.78 Å². The fourth-order valence-electron chi connectivity index (χ4n) is 2.20. The minimum absolute atomic E-state index is 0.0386. The highest BCUT2D eigenvalue weighted by molar-refractivity contribution is 5.96. The molecule has 2 rings (SSSR count). The number of carbonyl (C=O) groups excluding carboxylic acids is 1. The van der Waals surface area contributed by atoms with E-state index in [9.17, 15) is 9.90 Å². The van der Waals surface area contributed by atoms with E-state index in [4.69, 9.17) is 9.47 Å². The summed E-state index contributed by atoms with van der Waals surface area (Å²) < 4.78 is 10.8. The van der Waals surface area contributed by atoms with Gasteiger partial charge in [0.1, 0.15) is 18.5 Å². The summed E-state index contributed by atoms with van der Waals surface area (Å²) in [5.74, 6) is 0.490. The molecule has 1 atom stereocenters. The predicted molar refractivity (Wildman–Crippen MR) is 75.2 cm³/mol. The summed E-state index contributed by atoms with van der Waals surface area (Å²) in [5.41, 5.74) is 0.547. The molecule has 5 nitrogen and oxygen atoms in total. The number of carbonyl (C=O) groups is 1. The van der Waals surface area contributed by atoms with Gasteiger partial charge in [-0.3, -0.25) is 9.69 Å². The molecule has 1 aliphatic heterocycles. The highest BCUT2D eigenvalue weighted by Gasteiger charge is 2.16. The topological polar surface area (TPSA) is 59.0 Å². The van der Waals surface area contributed by atoms with Crippen LogP contribution in [0.2, 0.25) is 0 Å². The Morgan fingerprint density at radius 3 is 2.80 bits per heavy atom. The van der Waals surface area contributed by atoms with Gasteiger partial charge in [-0.15, -0.1) is 0 Å². The van der Waals surface area contributed by atoms with E-state index in [1.807, 2.05) is 6.07 Å². The van der Waals surface area contributed by atoms with E-state index in [-0.39, 0.29) is 12.4 Å².